The highest BCUT2D eigenvalue weighted by Crippen LogP contribution is 2.34. The van der Waals surface area contributed by atoms with Gasteiger partial charge in [-0.1, -0.05) is 6.07 Å². The van der Waals surface area contributed by atoms with E-state index in [1.165, 1.54) is 11.3 Å². The lowest BCUT2D eigenvalue weighted by molar-refractivity contribution is -0.0797. The van der Waals surface area contributed by atoms with E-state index < -0.39 is 0 Å². The van der Waals surface area contributed by atoms with Crippen LogP contribution in [0.3, 0.4) is 0 Å². The molecule has 1 aliphatic heterocycles. The van der Waals surface area contributed by atoms with Gasteiger partial charge in [-0.05, 0) is 32.2 Å². The number of nitrogens with one attached hydrogen (secondary N) is 1. The second kappa shape index (κ2) is 6.64. The Labute approximate surface area is 154 Å². The average Bonchev–Trinajstić information content (AvgIpc) is 3.22. The van der Waals surface area contributed by atoms with Crippen molar-refractivity contribution < 1.29 is 4.74 Å². The van der Waals surface area contributed by atoms with Gasteiger partial charge in [0.1, 0.15) is 10.7 Å². The Kier molecular flexibility index (Phi) is 4.49. The first-order valence-corrected chi connectivity index (χ1v) is 10.2. The largest absolute Gasteiger partial charge is 0.373 e. The van der Waals surface area contributed by atoms with E-state index in [9.17, 15) is 4.79 Å². The molecule has 3 aromatic heterocycles. The topological polar surface area (TPSA) is 58.2 Å². The molecule has 1 saturated heterocycles. The molecule has 0 aliphatic carbocycles. The summed E-state index contributed by atoms with van der Waals surface area (Å²) >= 11 is 3.18. The summed E-state index contributed by atoms with van der Waals surface area (Å²) in [6.45, 7) is 7.96. The van der Waals surface area contributed by atoms with Crippen LogP contribution in [0.4, 0.5) is 0 Å². The number of aromatic nitrogens is 2. The van der Waals surface area contributed by atoms with Crippen LogP contribution in [0.15, 0.2) is 27.7 Å². The minimum atomic E-state index is -0.0501. The summed E-state index contributed by atoms with van der Waals surface area (Å²) in [7, 11) is 0. The standard InChI is InChI=1S/C18H21N3O2S2/c1-10-7-21(8-11(2)23-10)12(3)16-19-17(22)15-13(9-25-18(15)20-16)14-5-4-6-24-14/h4-6,9-12H,7-8H2,1-3H3,(H,19,20,22)/t10-,11-,12+/m1/s1. The number of hydrogen-bond acceptors (Lipinski definition) is 6. The van der Waals surface area contributed by atoms with Crippen LogP contribution in [0.1, 0.15) is 32.6 Å². The number of aromatic amines is 1. The maximum absolute atomic E-state index is 12.8. The van der Waals surface area contributed by atoms with Crippen molar-refractivity contribution >= 4 is 32.9 Å². The van der Waals surface area contributed by atoms with Crippen LogP contribution in [0.25, 0.3) is 20.7 Å². The summed E-state index contributed by atoms with van der Waals surface area (Å²) in [5.74, 6) is 0.735. The van der Waals surface area contributed by atoms with Gasteiger partial charge < -0.3 is 9.72 Å². The third-order valence-electron chi connectivity index (χ3n) is 4.64. The van der Waals surface area contributed by atoms with Crippen LogP contribution in [0, 0.1) is 0 Å². The Morgan fingerprint density at radius 2 is 2.08 bits per heavy atom. The van der Waals surface area contributed by atoms with Gasteiger partial charge in [-0.15, -0.1) is 22.7 Å². The van der Waals surface area contributed by atoms with Crippen LogP contribution < -0.4 is 5.56 Å². The Hall–Kier alpha value is -1.54. The number of thiophene rings is 2. The zero-order valence-corrected chi connectivity index (χ0v) is 16.1. The summed E-state index contributed by atoms with van der Waals surface area (Å²) in [5.41, 5.74) is 0.933. The number of hydrogen-bond donors (Lipinski definition) is 1. The molecule has 3 atom stereocenters. The minimum Gasteiger partial charge on any atom is -0.373 e. The molecule has 0 radical (unpaired) electrons. The SMILES string of the molecule is C[C@@H]1CN([C@@H](C)c2nc3scc(-c4cccs4)c3c(=O)[nH]2)C[C@@H](C)O1. The zero-order valence-electron chi connectivity index (χ0n) is 14.5. The van der Waals surface area contributed by atoms with Crippen molar-refractivity contribution in [1.29, 1.82) is 0 Å². The van der Waals surface area contributed by atoms with Gasteiger partial charge in [-0.2, -0.15) is 0 Å². The van der Waals surface area contributed by atoms with E-state index >= 15 is 0 Å². The number of ether oxygens (including phenoxy) is 1. The summed E-state index contributed by atoms with van der Waals surface area (Å²) < 4.78 is 5.81. The number of morpholine rings is 1. The first-order valence-electron chi connectivity index (χ1n) is 8.47. The predicted octanol–water partition coefficient (Wildman–Crippen LogP) is 3.88. The van der Waals surface area contributed by atoms with Gasteiger partial charge in [0.25, 0.3) is 5.56 Å². The third-order valence-corrected chi connectivity index (χ3v) is 6.42. The first-order chi connectivity index (χ1) is 12.0. The molecular weight excluding hydrogens is 354 g/mol. The molecule has 1 fully saturated rings. The molecule has 0 bridgehead atoms. The van der Waals surface area contributed by atoms with E-state index in [2.05, 4.69) is 30.7 Å². The van der Waals surface area contributed by atoms with Gasteiger partial charge in [0, 0.05) is 28.9 Å². The monoisotopic (exact) mass is 375 g/mol. The van der Waals surface area contributed by atoms with Crippen LogP contribution in [-0.2, 0) is 4.74 Å². The average molecular weight is 376 g/mol. The number of fused-ring (bicyclic) bond motifs is 1. The quantitative estimate of drug-likeness (QED) is 0.755. The fourth-order valence-corrected chi connectivity index (χ4v) is 5.25. The Balaban J connectivity index is 1.71. The van der Waals surface area contributed by atoms with E-state index in [-0.39, 0.29) is 23.8 Å². The second-order valence-corrected chi connectivity index (χ2v) is 8.45. The molecule has 4 heterocycles. The molecule has 1 aliphatic rings. The normalized spacial score (nSPS) is 23.2. The molecule has 4 rings (SSSR count). The van der Waals surface area contributed by atoms with E-state index in [1.54, 1.807) is 11.3 Å². The highest BCUT2D eigenvalue weighted by Gasteiger charge is 2.28. The molecular formula is C18H21N3O2S2. The highest BCUT2D eigenvalue weighted by molar-refractivity contribution is 7.18. The van der Waals surface area contributed by atoms with Crippen molar-refractivity contribution in [2.45, 2.75) is 39.0 Å². The molecule has 3 aromatic rings. The zero-order chi connectivity index (χ0) is 17.6. The molecule has 0 aromatic carbocycles. The van der Waals surface area contributed by atoms with Gasteiger partial charge in [-0.3, -0.25) is 9.69 Å². The molecule has 0 spiro atoms. The van der Waals surface area contributed by atoms with Crippen LogP contribution in [-0.4, -0.2) is 40.2 Å². The summed E-state index contributed by atoms with van der Waals surface area (Å²) in [4.78, 5) is 24.8. The maximum atomic E-state index is 12.8. The minimum absolute atomic E-state index is 0.0501. The Morgan fingerprint density at radius 3 is 2.76 bits per heavy atom. The lowest BCUT2D eigenvalue weighted by Gasteiger charge is -2.38. The van der Waals surface area contributed by atoms with Crippen molar-refractivity contribution in [3.63, 3.8) is 0 Å². The number of H-pyrrole nitrogens is 1. The highest BCUT2D eigenvalue weighted by atomic mass is 32.1. The molecule has 0 saturated carbocycles. The smallest absolute Gasteiger partial charge is 0.260 e. The lowest BCUT2D eigenvalue weighted by Crippen LogP contribution is -2.46. The van der Waals surface area contributed by atoms with E-state index in [4.69, 9.17) is 9.72 Å². The summed E-state index contributed by atoms with van der Waals surface area (Å²) in [6, 6.07) is 4.10. The number of rotatable bonds is 3. The van der Waals surface area contributed by atoms with Crippen LogP contribution in [0.2, 0.25) is 0 Å². The number of nitrogens with zero attached hydrogens (tertiary/aromatic N) is 2. The van der Waals surface area contributed by atoms with Gasteiger partial charge in [0.15, 0.2) is 0 Å². The predicted molar refractivity (Wildman–Crippen MR) is 104 cm³/mol. The summed E-state index contributed by atoms with van der Waals surface area (Å²) in [6.07, 6.45) is 0.377. The first kappa shape index (κ1) is 16.9. The molecule has 0 unspecified atom stereocenters. The molecule has 7 heteroatoms. The van der Waals surface area contributed by atoms with E-state index in [1.807, 2.05) is 22.9 Å². The van der Waals surface area contributed by atoms with Crippen molar-refractivity contribution in [3.05, 3.63) is 39.1 Å². The van der Waals surface area contributed by atoms with Gasteiger partial charge >= 0.3 is 0 Å². The lowest BCUT2D eigenvalue weighted by atomic mass is 10.1. The Morgan fingerprint density at radius 1 is 1.32 bits per heavy atom. The molecule has 0 amide bonds. The van der Waals surface area contributed by atoms with Gasteiger partial charge in [0.05, 0.1) is 23.6 Å². The fraction of sp³-hybridized carbons (Fsp3) is 0.444. The Bertz CT molecular complexity index is 922. The van der Waals surface area contributed by atoms with Crippen LogP contribution in [0.5, 0.6) is 0 Å². The fourth-order valence-electron chi connectivity index (χ4n) is 3.48. The van der Waals surface area contributed by atoms with Crippen LogP contribution >= 0.6 is 22.7 Å². The van der Waals surface area contributed by atoms with Crippen molar-refractivity contribution in [1.82, 2.24) is 14.9 Å². The van der Waals surface area contributed by atoms with Crippen molar-refractivity contribution in [2.75, 3.05) is 13.1 Å². The molecule has 5 nitrogen and oxygen atoms in total. The van der Waals surface area contributed by atoms with Gasteiger partial charge in [-0.25, -0.2) is 4.98 Å². The van der Waals surface area contributed by atoms with Crippen molar-refractivity contribution in [3.8, 4) is 10.4 Å². The van der Waals surface area contributed by atoms with E-state index in [0.717, 1.165) is 34.2 Å². The van der Waals surface area contributed by atoms with E-state index in [0.29, 0.717) is 5.39 Å². The van der Waals surface area contributed by atoms with Crippen molar-refractivity contribution in [2.24, 2.45) is 0 Å². The maximum Gasteiger partial charge on any atom is 0.260 e. The summed E-state index contributed by atoms with van der Waals surface area (Å²) in [5, 5.41) is 4.76. The molecule has 132 valence electrons. The third kappa shape index (κ3) is 3.17. The molecule has 1 N–H and O–H groups in total. The molecule has 25 heavy (non-hydrogen) atoms. The van der Waals surface area contributed by atoms with Gasteiger partial charge in [0.2, 0.25) is 0 Å². The second-order valence-electron chi connectivity index (χ2n) is 6.65.